The van der Waals surface area contributed by atoms with E-state index in [2.05, 4.69) is 39.5 Å². The summed E-state index contributed by atoms with van der Waals surface area (Å²) in [5, 5.41) is 4.09. The molecule has 0 radical (unpaired) electrons. The number of hydrogen-bond donors (Lipinski definition) is 1. The van der Waals surface area contributed by atoms with Crippen molar-refractivity contribution < 1.29 is 4.79 Å². The fraction of sp³-hybridized carbons (Fsp3) is 0.200. The Hall–Kier alpha value is -3.08. The molecular weight excluding hydrogens is 312 g/mol. The van der Waals surface area contributed by atoms with Crippen molar-refractivity contribution in [3.05, 3.63) is 66.9 Å². The fourth-order valence-electron chi connectivity index (χ4n) is 3.22. The third-order valence-electron chi connectivity index (χ3n) is 4.54. The highest BCUT2D eigenvalue weighted by Crippen LogP contribution is 2.25. The zero-order valence-electron chi connectivity index (χ0n) is 13.9. The number of para-hydroxylation sites is 2. The average molecular weight is 332 g/mol. The van der Waals surface area contributed by atoms with Crippen LogP contribution in [-0.2, 0) is 0 Å². The average Bonchev–Trinajstić information content (AvgIpc) is 2.68. The van der Waals surface area contributed by atoms with Crippen LogP contribution < -0.4 is 10.2 Å². The zero-order chi connectivity index (χ0) is 17.1. The molecule has 126 valence electrons. The highest BCUT2D eigenvalue weighted by atomic mass is 16.2. The van der Waals surface area contributed by atoms with Gasteiger partial charge in [0, 0.05) is 43.4 Å². The predicted molar refractivity (Wildman–Crippen MR) is 101 cm³/mol. The number of hydrogen-bond acceptors (Lipinski definition) is 3. The first-order valence-corrected chi connectivity index (χ1v) is 8.51. The highest BCUT2D eigenvalue weighted by molar-refractivity contribution is 5.91. The summed E-state index contributed by atoms with van der Waals surface area (Å²) < 4.78 is 0. The fourth-order valence-corrected chi connectivity index (χ4v) is 3.22. The lowest BCUT2D eigenvalue weighted by atomic mass is 10.1. The van der Waals surface area contributed by atoms with Crippen LogP contribution in [0.2, 0.25) is 0 Å². The molecule has 1 N–H and O–H groups in total. The first kappa shape index (κ1) is 15.4. The molecule has 25 heavy (non-hydrogen) atoms. The number of anilines is 2. The first-order chi connectivity index (χ1) is 12.3. The number of fused-ring (bicyclic) bond motifs is 1. The van der Waals surface area contributed by atoms with Gasteiger partial charge in [-0.3, -0.25) is 4.98 Å². The number of carbonyl (C=O) groups excluding carboxylic acids is 1. The van der Waals surface area contributed by atoms with Crippen molar-refractivity contribution in [1.82, 2.24) is 9.88 Å². The van der Waals surface area contributed by atoms with Gasteiger partial charge in [0.1, 0.15) is 0 Å². The molecule has 4 rings (SSSR count). The van der Waals surface area contributed by atoms with Gasteiger partial charge in [-0.1, -0.05) is 36.4 Å². The minimum Gasteiger partial charge on any atom is -0.366 e. The van der Waals surface area contributed by atoms with Gasteiger partial charge >= 0.3 is 6.03 Å². The van der Waals surface area contributed by atoms with Crippen LogP contribution in [0.3, 0.4) is 0 Å². The molecule has 2 heterocycles. The second-order valence-corrected chi connectivity index (χ2v) is 6.12. The lowest BCUT2D eigenvalue weighted by Gasteiger charge is -2.36. The number of pyridine rings is 1. The maximum Gasteiger partial charge on any atom is 0.321 e. The summed E-state index contributed by atoms with van der Waals surface area (Å²) in [4.78, 5) is 21.1. The van der Waals surface area contributed by atoms with E-state index in [4.69, 9.17) is 0 Å². The molecule has 1 aliphatic heterocycles. The van der Waals surface area contributed by atoms with E-state index in [1.54, 1.807) is 0 Å². The number of benzene rings is 2. The summed E-state index contributed by atoms with van der Waals surface area (Å²) in [6.07, 6.45) is 1.83. The van der Waals surface area contributed by atoms with E-state index in [1.807, 2.05) is 47.5 Å². The van der Waals surface area contributed by atoms with Gasteiger partial charge in [-0.2, -0.15) is 0 Å². The number of nitrogens with one attached hydrogen (secondary N) is 1. The number of rotatable bonds is 2. The molecule has 0 bridgehead atoms. The van der Waals surface area contributed by atoms with E-state index < -0.39 is 0 Å². The molecule has 1 saturated heterocycles. The van der Waals surface area contributed by atoms with Crippen molar-refractivity contribution in [3.63, 3.8) is 0 Å². The van der Waals surface area contributed by atoms with E-state index in [1.165, 1.54) is 0 Å². The zero-order valence-corrected chi connectivity index (χ0v) is 13.9. The Morgan fingerprint density at radius 3 is 2.44 bits per heavy atom. The van der Waals surface area contributed by atoms with Crippen LogP contribution in [0.15, 0.2) is 66.9 Å². The van der Waals surface area contributed by atoms with Gasteiger partial charge in [0.15, 0.2) is 0 Å². The number of aromatic nitrogens is 1. The number of carbonyl (C=O) groups is 1. The van der Waals surface area contributed by atoms with Crippen LogP contribution in [0, 0.1) is 0 Å². The van der Waals surface area contributed by atoms with Gasteiger partial charge in [-0.15, -0.1) is 0 Å². The van der Waals surface area contributed by atoms with Crippen LogP contribution in [0.1, 0.15) is 0 Å². The molecule has 1 aliphatic rings. The van der Waals surface area contributed by atoms with Crippen molar-refractivity contribution in [2.24, 2.45) is 0 Å². The minimum atomic E-state index is -0.0399. The molecule has 1 fully saturated rings. The van der Waals surface area contributed by atoms with E-state index >= 15 is 0 Å². The molecule has 2 aromatic carbocycles. The van der Waals surface area contributed by atoms with Gasteiger partial charge in [0.25, 0.3) is 0 Å². The van der Waals surface area contributed by atoms with Crippen molar-refractivity contribution >= 4 is 28.3 Å². The van der Waals surface area contributed by atoms with Crippen LogP contribution in [0.5, 0.6) is 0 Å². The Kier molecular flexibility index (Phi) is 4.21. The van der Waals surface area contributed by atoms with Crippen LogP contribution in [-0.4, -0.2) is 42.1 Å². The van der Waals surface area contributed by atoms with Crippen molar-refractivity contribution in [2.75, 3.05) is 36.4 Å². The first-order valence-electron chi connectivity index (χ1n) is 8.51. The van der Waals surface area contributed by atoms with Gasteiger partial charge < -0.3 is 15.1 Å². The topological polar surface area (TPSA) is 48.5 Å². The van der Waals surface area contributed by atoms with Gasteiger partial charge in [0.05, 0.1) is 11.2 Å². The molecule has 0 unspecified atom stereocenters. The van der Waals surface area contributed by atoms with Crippen LogP contribution in [0.25, 0.3) is 10.9 Å². The smallest absolute Gasteiger partial charge is 0.321 e. The van der Waals surface area contributed by atoms with Crippen molar-refractivity contribution in [1.29, 1.82) is 0 Å². The molecule has 0 aliphatic carbocycles. The minimum absolute atomic E-state index is 0.0399. The van der Waals surface area contributed by atoms with Crippen LogP contribution >= 0.6 is 0 Å². The largest absolute Gasteiger partial charge is 0.366 e. The molecule has 5 heteroatoms. The number of urea groups is 1. The van der Waals surface area contributed by atoms with E-state index in [0.717, 1.165) is 35.4 Å². The van der Waals surface area contributed by atoms with Crippen molar-refractivity contribution in [3.8, 4) is 0 Å². The van der Waals surface area contributed by atoms with Crippen LogP contribution in [0.4, 0.5) is 16.2 Å². The number of piperazine rings is 1. The lowest BCUT2D eigenvalue weighted by molar-refractivity contribution is 0.208. The molecule has 1 aromatic heterocycles. The SMILES string of the molecule is O=C(Nc1ccccc1)N1CCN(c2cccc3cccnc23)CC1. The van der Waals surface area contributed by atoms with Gasteiger partial charge in [-0.25, -0.2) is 4.79 Å². The highest BCUT2D eigenvalue weighted by Gasteiger charge is 2.22. The Bertz CT molecular complexity index is 868. The molecule has 0 spiro atoms. The molecule has 3 aromatic rings. The quantitative estimate of drug-likeness (QED) is 0.780. The third-order valence-corrected chi connectivity index (χ3v) is 4.54. The molecule has 5 nitrogen and oxygen atoms in total. The third kappa shape index (κ3) is 3.26. The van der Waals surface area contributed by atoms with E-state index in [0.29, 0.717) is 13.1 Å². The molecule has 0 saturated carbocycles. The summed E-state index contributed by atoms with van der Waals surface area (Å²) in [6, 6.07) is 19.8. The summed E-state index contributed by atoms with van der Waals surface area (Å²) in [5.41, 5.74) is 2.99. The second kappa shape index (κ2) is 6.81. The Labute approximate surface area is 146 Å². The monoisotopic (exact) mass is 332 g/mol. The molecule has 0 atom stereocenters. The number of nitrogens with zero attached hydrogens (tertiary/aromatic N) is 3. The second-order valence-electron chi connectivity index (χ2n) is 6.12. The Morgan fingerprint density at radius 2 is 1.64 bits per heavy atom. The Balaban J connectivity index is 1.43. The summed E-state index contributed by atoms with van der Waals surface area (Å²) in [6.45, 7) is 3.00. The normalized spacial score (nSPS) is 14.6. The lowest BCUT2D eigenvalue weighted by Crippen LogP contribution is -2.50. The predicted octanol–water partition coefficient (Wildman–Crippen LogP) is 3.59. The number of amides is 2. The summed E-state index contributed by atoms with van der Waals surface area (Å²) >= 11 is 0. The van der Waals surface area contributed by atoms with E-state index in [-0.39, 0.29) is 6.03 Å². The summed E-state index contributed by atoms with van der Waals surface area (Å²) in [5.74, 6) is 0. The molecule has 2 amide bonds. The standard InChI is InChI=1S/C20H20N4O/c25-20(22-17-8-2-1-3-9-17)24-14-12-23(13-15-24)18-10-4-6-16-7-5-11-21-19(16)18/h1-11H,12-15H2,(H,22,25). The van der Waals surface area contributed by atoms with E-state index in [9.17, 15) is 4.79 Å². The van der Waals surface area contributed by atoms with Gasteiger partial charge in [0.2, 0.25) is 0 Å². The maximum atomic E-state index is 12.4. The maximum absolute atomic E-state index is 12.4. The molecular formula is C20H20N4O. The van der Waals surface area contributed by atoms with Gasteiger partial charge in [-0.05, 0) is 24.3 Å². The Morgan fingerprint density at radius 1 is 0.880 bits per heavy atom. The van der Waals surface area contributed by atoms with Crippen molar-refractivity contribution in [2.45, 2.75) is 0 Å². The summed E-state index contributed by atoms with van der Waals surface area (Å²) in [7, 11) is 0.